The molecule has 2 heteroatoms. The number of rotatable bonds is 3. The molecular formula is C20H22NO+. The van der Waals surface area contributed by atoms with Crippen molar-refractivity contribution in [2.45, 2.75) is 32.9 Å². The maximum atomic E-state index is 5.87. The van der Waals surface area contributed by atoms with Crippen LogP contribution in [0.3, 0.4) is 0 Å². The van der Waals surface area contributed by atoms with Crippen LogP contribution in [-0.2, 0) is 6.54 Å². The number of para-hydroxylation sites is 1. The normalized spacial score (nSPS) is 11.6. The van der Waals surface area contributed by atoms with E-state index in [1.807, 2.05) is 12.1 Å². The highest BCUT2D eigenvalue weighted by Crippen LogP contribution is 2.18. The first-order valence-corrected chi connectivity index (χ1v) is 7.66. The third-order valence-corrected chi connectivity index (χ3v) is 3.49. The van der Waals surface area contributed by atoms with Gasteiger partial charge in [0.1, 0.15) is 11.4 Å². The smallest absolute Gasteiger partial charge is 0.212 e. The van der Waals surface area contributed by atoms with Crippen LogP contribution in [-0.4, -0.2) is 5.60 Å². The zero-order valence-corrected chi connectivity index (χ0v) is 13.4. The zero-order valence-electron chi connectivity index (χ0n) is 13.4. The Hall–Kier alpha value is -2.35. The second kappa shape index (κ2) is 5.80. The fraction of sp³-hybridized carbons (Fsp3) is 0.250. The number of ether oxygens (including phenoxy) is 1. The second-order valence-electron chi connectivity index (χ2n) is 6.55. The predicted molar refractivity (Wildman–Crippen MR) is 90.1 cm³/mol. The molecule has 0 spiro atoms. The molecule has 0 aliphatic carbocycles. The summed E-state index contributed by atoms with van der Waals surface area (Å²) in [5.41, 5.74) is 2.36. The first-order valence-electron chi connectivity index (χ1n) is 7.66. The van der Waals surface area contributed by atoms with E-state index in [9.17, 15) is 0 Å². The summed E-state index contributed by atoms with van der Waals surface area (Å²) in [5.74, 6) is 0.916. The van der Waals surface area contributed by atoms with E-state index >= 15 is 0 Å². The molecule has 0 saturated heterocycles. The van der Waals surface area contributed by atoms with E-state index in [1.165, 1.54) is 16.5 Å². The van der Waals surface area contributed by atoms with Gasteiger partial charge in [-0.05, 0) is 57.2 Å². The van der Waals surface area contributed by atoms with Gasteiger partial charge in [-0.1, -0.05) is 12.1 Å². The summed E-state index contributed by atoms with van der Waals surface area (Å²) >= 11 is 0. The summed E-state index contributed by atoms with van der Waals surface area (Å²) in [6.45, 7) is 7.05. The van der Waals surface area contributed by atoms with Crippen molar-refractivity contribution in [3.05, 3.63) is 72.4 Å². The lowest BCUT2D eigenvalue weighted by Crippen LogP contribution is -2.34. The van der Waals surface area contributed by atoms with E-state index in [1.54, 1.807) is 0 Å². The molecule has 1 heterocycles. The van der Waals surface area contributed by atoms with Gasteiger partial charge in [0, 0.05) is 23.1 Å². The molecule has 0 radical (unpaired) electrons. The predicted octanol–water partition coefficient (Wildman–Crippen LogP) is 4.35. The average molecular weight is 292 g/mol. The van der Waals surface area contributed by atoms with Gasteiger partial charge >= 0.3 is 0 Å². The Morgan fingerprint density at radius 3 is 2.27 bits per heavy atom. The first kappa shape index (κ1) is 14.6. The van der Waals surface area contributed by atoms with Crippen LogP contribution in [0.15, 0.2) is 66.9 Å². The SMILES string of the molecule is CC(C)(C)Oc1ccc(C[n+]2cccc3ccccc32)cc1. The van der Waals surface area contributed by atoms with Gasteiger partial charge in [0.05, 0.1) is 0 Å². The van der Waals surface area contributed by atoms with Gasteiger partial charge in [-0.3, -0.25) is 0 Å². The van der Waals surface area contributed by atoms with E-state index in [4.69, 9.17) is 4.74 Å². The van der Waals surface area contributed by atoms with Gasteiger partial charge in [0.2, 0.25) is 5.52 Å². The van der Waals surface area contributed by atoms with Crippen molar-refractivity contribution in [3.8, 4) is 5.75 Å². The maximum absolute atomic E-state index is 5.87. The number of pyridine rings is 1. The third-order valence-electron chi connectivity index (χ3n) is 3.49. The topological polar surface area (TPSA) is 13.1 Å². The monoisotopic (exact) mass is 292 g/mol. The van der Waals surface area contributed by atoms with Gasteiger partial charge in [-0.15, -0.1) is 0 Å². The molecule has 3 aromatic rings. The van der Waals surface area contributed by atoms with Crippen molar-refractivity contribution in [1.82, 2.24) is 0 Å². The third kappa shape index (κ3) is 3.45. The highest BCUT2D eigenvalue weighted by molar-refractivity contribution is 5.74. The summed E-state index contributed by atoms with van der Waals surface area (Å²) in [4.78, 5) is 0. The summed E-state index contributed by atoms with van der Waals surface area (Å²) < 4.78 is 8.14. The number of nitrogens with zero attached hydrogens (tertiary/aromatic N) is 1. The number of benzene rings is 2. The molecule has 0 aliphatic heterocycles. The number of aromatic nitrogens is 1. The lowest BCUT2D eigenvalue weighted by atomic mass is 10.1. The summed E-state index contributed by atoms with van der Waals surface area (Å²) in [5, 5.41) is 1.26. The first-order chi connectivity index (χ1) is 10.5. The van der Waals surface area contributed by atoms with Crippen molar-refractivity contribution < 1.29 is 9.30 Å². The van der Waals surface area contributed by atoms with Crippen molar-refractivity contribution in [2.24, 2.45) is 0 Å². The molecule has 1 aromatic heterocycles. The molecule has 0 amide bonds. The van der Waals surface area contributed by atoms with Crippen LogP contribution in [0, 0.1) is 0 Å². The molecule has 0 aliphatic rings. The van der Waals surface area contributed by atoms with Gasteiger partial charge in [-0.2, -0.15) is 4.57 Å². The minimum Gasteiger partial charge on any atom is -0.488 e. The fourth-order valence-corrected chi connectivity index (χ4v) is 2.57. The minimum absolute atomic E-state index is 0.161. The molecular weight excluding hydrogens is 270 g/mol. The molecule has 3 rings (SSSR count). The quantitative estimate of drug-likeness (QED) is 0.654. The lowest BCUT2D eigenvalue weighted by Gasteiger charge is -2.21. The van der Waals surface area contributed by atoms with Crippen LogP contribution in [0.4, 0.5) is 0 Å². The summed E-state index contributed by atoms with van der Waals surface area (Å²) in [6, 6.07) is 21.1. The Morgan fingerprint density at radius 2 is 1.55 bits per heavy atom. The molecule has 0 saturated carbocycles. The molecule has 112 valence electrons. The number of hydrogen-bond acceptors (Lipinski definition) is 1. The van der Waals surface area contributed by atoms with Crippen molar-refractivity contribution in [3.63, 3.8) is 0 Å². The number of fused-ring (bicyclic) bond motifs is 1. The van der Waals surface area contributed by atoms with Crippen LogP contribution in [0.25, 0.3) is 10.9 Å². The van der Waals surface area contributed by atoms with Gasteiger partial charge in [0.15, 0.2) is 12.7 Å². The molecule has 2 nitrogen and oxygen atoms in total. The molecule has 22 heavy (non-hydrogen) atoms. The fourth-order valence-electron chi connectivity index (χ4n) is 2.57. The van der Waals surface area contributed by atoms with Crippen molar-refractivity contribution in [2.75, 3.05) is 0 Å². The van der Waals surface area contributed by atoms with E-state index in [2.05, 4.69) is 80.1 Å². The van der Waals surface area contributed by atoms with Crippen molar-refractivity contribution >= 4 is 10.9 Å². The van der Waals surface area contributed by atoms with E-state index in [0.717, 1.165) is 12.3 Å². The lowest BCUT2D eigenvalue weighted by molar-refractivity contribution is -0.662. The van der Waals surface area contributed by atoms with E-state index in [0.29, 0.717) is 0 Å². The minimum atomic E-state index is -0.161. The summed E-state index contributed by atoms with van der Waals surface area (Å²) in [6.07, 6.45) is 2.13. The molecule has 0 fully saturated rings. The number of hydrogen-bond donors (Lipinski definition) is 0. The molecule has 2 aromatic carbocycles. The Kier molecular flexibility index (Phi) is 3.84. The summed E-state index contributed by atoms with van der Waals surface area (Å²) in [7, 11) is 0. The highest BCUT2D eigenvalue weighted by Gasteiger charge is 2.12. The largest absolute Gasteiger partial charge is 0.488 e. The van der Waals surface area contributed by atoms with Gasteiger partial charge in [-0.25, -0.2) is 0 Å². The molecule has 0 bridgehead atoms. The molecule has 0 N–H and O–H groups in total. The Bertz CT molecular complexity index is 764. The van der Waals surface area contributed by atoms with Crippen LogP contribution in [0.2, 0.25) is 0 Å². The maximum Gasteiger partial charge on any atom is 0.212 e. The highest BCUT2D eigenvalue weighted by atomic mass is 16.5. The second-order valence-corrected chi connectivity index (χ2v) is 6.55. The van der Waals surface area contributed by atoms with Crippen LogP contribution in [0.1, 0.15) is 26.3 Å². The van der Waals surface area contributed by atoms with Crippen molar-refractivity contribution in [1.29, 1.82) is 0 Å². The van der Waals surface area contributed by atoms with Gasteiger partial charge in [0.25, 0.3) is 0 Å². The molecule has 0 unspecified atom stereocenters. The van der Waals surface area contributed by atoms with Crippen LogP contribution < -0.4 is 9.30 Å². The van der Waals surface area contributed by atoms with E-state index in [-0.39, 0.29) is 5.60 Å². The van der Waals surface area contributed by atoms with Crippen LogP contribution in [0.5, 0.6) is 5.75 Å². The Labute approximate surface area is 132 Å². The average Bonchev–Trinajstić information content (AvgIpc) is 2.48. The standard InChI is InChI=1S/C20H22NO/c1-20(2,3)22-18-12-10-16(11-13-18)15-21-14-6-8-17-7-4-5-9-19(17)21/h4-14H,15H2,1-3H3/q+1. The molecule has 0 atom stereocenters. The van der Waals surface area contributed by atoms with E-state index < -0.39 is 0 Å². The Balaban J connectivity index is 1.83. The zero-order chi connectivity index (χ0) is 15.6. The Morgan fingerprint density at radius 1 is 0.864 bits per heavy atom. The van der Waals surface area contributed by atoms with Gasteiger partial charge < -0.3 is 4.74 Å². The van der Waals surface area contributed by atoms with Crippen LogP contribution >= 0.6 is 0 Å².